The molecule has 2 aromatic carbocycles. The van der Waals surface area contributed by atoms with Crippen molar-refractivity contribution in [1.29, 1.82) is 0 Å². The number of fused-ring (bicyclic) bond motifs is 4. The average molecular weight is 513 g/mol. The van der Waals surface area contributed by atoms with Crippen molar-refractivity contribution in [1.82, 2.24) is 9.88 Å². The van der Waals surface area contributed by atoms with Crippen LogP contribution in [-0.2, 0) is 16.1 Å². The van der Waals surface area contributed by atoms with Crippen LogP contribution in [0, 0.1) is 5.92 Å². The van der Waals surface area contributed by atoms with E-state index in [4.69, 9.17) is 4.74 Å². The number of aromatic nitrogens is 1. The normalized spacial score (nSPS) is 18.2. The summed E-state index contributed by atoms with van der Waals surface area (Å²) in [5, 5.41) is 5.85. The van der Waals surface area contributed by atoms with E-state index < -0.39 is 0 Å². The molecule has 2 atom stereocenters. The summed E-state index contributed by atoms with van der Waals surface area (Å²) < 4.78 is 6.93. The lowest BCUT2D eigenvalue weighted by Crippen LogP contribution is -2.47. The van der Waals surface area contributed by atoms with Gasteiger partial charge in [0.15, 0.2) is 0 Å². The summed E-state index contributed by atoms with van der Waals surface area (Å²) >= 11 is 0. The summed E-state index contributed by atoms with van der Waals surface area (Å²) in [5.41, 5.74) is 3.93. The van der Waals surface area contributed by atoms with Crippen molar-refractivity contribution in [2.45, 2.75) is 18.9 Å². The lowest BCUT2D eigenvalue weighted by atomic mass is 9.83. The third-order valence-corrected chi connectivity index (χ3v) is 7.16. The van der Waals surface area contributed by atoms with Crippen LogP contribution < -0.4 is 21.1 Å². The van der Waals surface area contributed by atoms with Gasteiger partial charge in [-0.25, -0.2) is 0 Å². The van der Waals surface area contributed by atoms with Gasteiger partial charge in [0.05, 0.1) is 18.0 Å². The Morgan fingerprint density at radius 3 is 2.68 bits per heavy atom. The smallest absolute Gasteiger partial charge is 0.251 e. The molecule has 1 aromatic heterocycles. The van der Waals surface area contributed by atoms with Gasteiger partial charge in [-0.1, -0.05) is 36.4 Å². The van der Waals surface area contributed by atoms with Gasteiger partial charge in [-0.15, -0.1) is 0 Å². The minimum atomic E-state index is -0.277. The number of anilines is 2. The van der Waals surface area contributed by atoms with Gasteiger partial charge in [-0.2, -0.15) is 0 Å². The van der Waals surface area contributed by atoms with Crippen LogP contribution in [0.4, 0.5) is 11.4 Å². The van der Waals surface area contributed by atoms with E-state index in [2.05, 4.69) is 15.5 Å². The van der Waals surface area contributed by atoms with Crippen molar-refractivity contribution in [2.24, 2.45) is 5.92 Å². The van der Waals surface area contributed by atoms with Crippen LogP contribution in [0.2, 0.25) is 0 Å². The Kier molecular flexibility index (Phi) is 7.70. The van der Waals surface area contributed by atoms with Crippen LogP contribution in [0.5, 0.6) is 0 Å². The molecule has 8 heteroatoms. The summed E-state index contributed by atoms with van der Waals surface area (Å²) in [4.78, 5) is 40.4. The number of ether oxygens (including phenoxy) is 1. The van der Waals surface area contributed by atoms with Crippen molar-refractivity contribution in [3.05, 3.63) is 100.0 Å². The molecule has 3 aromatic rings. The number of pyridine rings is 1. The molecule has 1 saturated heterocycles. The average Bonchev–Trinajstić information content (AvgIpc) is 2.93. The van der Waals surface area contributed by atoms with Gasteiger partial charge in [0, 0.05) is 62.6 Å². The largest absolute Gasteiger partial charge is 0.383 e. The molecule has 2 aliphatic rings. The molecule has 0 aliphatic carbocycles. The summed E-state index contributed by atoms with van der Waals surface area (Å²) in [6.07, 6.45) is 4.29. The number of benzene rings is 2. The third kappa shape index (κ3) is 5.70. The number of rotatable bonds is 8. The molecule has 1 fully saturated rings. The number of amides is 2. The first-order valence-electron chi connectivity index (χ1n) is 12.9. The molecule has 38 heavy (non-hydrogen) atoms. The number of nitrogens with zero attached hydrogens (tertiary/aromatic N) is 2. The minimum Gasteiger partial charge on any atom is -0.383 e. The minimum absolute atomic E-state index is 0.0487. The van der Waals surface area contributed by atoms with E-state index in [1.807, 2.05) is 53.1 Å². The van der Waals surface area contributed by atoms with Crippen LogP contribution in [0.3, 0.4) is 0 Å². The summed E-state index contributed by atoms with van der Waals surface area (Å²) in [5.74, 6) is 0.0312. The lowest BCUT2D eigenvalue weighted by Gasteiger charge is -2.44. The maximum absolute atomic E-state index is 12.9. The van der Waals surface area contributed by atoms with Gasteiger partial charge in [0.25, 0.3) is 11.5 Å². The molecule has 0 unspecified atom stereocenters. The Hall–Kier alpha value is -4.17. The molecule has 2 N–H and O–H groups in total. The van der Waals surface area contributed by atoms with Gasteiger partial charge in [0.2, 0.25) is 5.91 Å². The van der Waals surface area contributed by atoms with Gasteiger partial charge in [-0.05, 0) is 48.2 Å². The molecule has 196 valence electrons. The first kappa shape index (κ1) is 25.5. The Morgan fingerprint density at radius 2 is 1.87 bits per heavy atom. The fourth-order valence-electron chi connectivity index (χ4n) is 5.43. The third-order valence-electron chi connectivity index (χ3n) is 7.16. The van der Waals surface area contributed by atoms with Gasteiger partial charge in [0.1, 0.15) is 0 Å². The molecule has 3 heterocycles. The summed E-state index contributed by atoms with van der Waals surface area (Å²) in [7, 11) is 1.58. The van der Waals surface area contributed by atoms with E-state index in [-0.39, 0.29) is 23.3 Å². The predicted octanol–water partition coefficient (Wildman–Crippen LogP) is 3.50. The van der Waals surface area contributed by atoms with Crippen molar-refractivity contribution in [3.8, 4) is 0 Å². The zero-order chi connectivity index (χ0) is 26.5. The van der Waals surface area contributed by atoms with E-state index in [1.165, 1.54) is 6.08 Å². The second-order valence-electron chi connectivity index (χ2n) is 9.82. The fourth-order valence-corrected chi connectivity index (χ4v) is 5.43. The van der Waals surface area contributed by atoms with Crippen LogP contribution in [0.1, 0.15) is 34.0 Å². The Labute approximate surface area is 221 Å². The number of methoxy groups -OCH3 is 1. The number of hydrogen-bond donors (Lipinski definition) is 2. The van der Waals surface area contributed by atoms with Crippen LogP contribution in [-0.4, -0.2) is 49.7 Å². The molecular formula is C30H32N4O4. The number of carbonyl (C=O) groups is 2. The summed E-state index contributed by atoms with van der Waals surface area (Å²) in [6, 6.07) is 20.5. The number of carbonyl (C=O) groups excluding carboxylic acids is 2. The quantitative estimate of drug-likeness (QED) is 0.356. The molecule has 0 radical (unpaired) electrons. The Balaban J connectivity index is 1.42. The van der Waals surface area contributed by atoms with Crippen LogP contribution in [0.15, 0.2) is 77.6 Å². The number of hydrogen-bond acceptors (Lipinski definition) is 5. The number of nitrogens with one attached hydrogen (secondary N) is 2. The first-order chi connectivity index (χ1) is 18.5. The highest BCUT2D eigenvalue weighted by Gasteiger charge is 2.35. The summed E-state index contributed by atoms with van der Waals surface area (Å²) in [6.45, 7) is 2.98. The monoisotopic (exact) mass is 512 g/mol. The Bertz CT molecular complexity index is 1400. The fraction of sp³-hybridized carbons (Fsp3) is 0.300. The van der Waals surface area contributed by atoms with Gasteiger partial charge >= 0.3 is 0 Å². The standard InChI is InChI=1S/C30H32N4O4/c1-38-15-14-31-30(37)23-11-12-27(25(17-23)32-28(35)13-10-21-6-3-2-4-7-21)33-18-22-16-24(20-33)26-8-5-9-29(36)34(26)19-22/h2-13,17,22,24H,14-16,18-20H2,1H3,(H,31,37)(H,32,35)/b13-10+/t22-,24+/m1/s1. The predicted molar refractivity (Wildman–Crippen MR) is 149 cm³/mol. The van der Waals surface area contributed by atoms with E-state index in [0.29, 0.717) is 36.9 Å². The highest BCUT2D eigenvalue weighted by atomic mass is 16.5. The lowest BCUT2D eigenvalue weighted by molar-refractivity contribution is -0.111. The van der Waals surface area contributed by atoms with Crippen molar-refractivity contribution in [2.75, 3.05) is 43.6 Å². The van der Waals surface area contributed by atoms with Crippen molar-refractivity contribution >= 4 is 29.3 Å². The zero-order valence-corrected chi connectivity index (χ0v) is 21.4. The Morgan fingerprint density at radius 1 is 1.03 bits per heavy atom. The zero-order valence-electron chi connectivity index (χ0n) is 21.4. The van der Waals surface area contributed by atoms with Crippen LogP contribution in [0.25, 0.3) is 6.08 Å². The van der Waals surface area contributed by atoms with Crippen molar-refractivity contribution < 1.29 is 14.3 Å². The molecule has 5 rings (SSSR count). The second kappa shape index (κ2) is 11.5. The maximum atomic E-state index is 12.9. The highest BCUT2D eigenvalue weighted by molar-refractivity contribution is 6.05. The maximum Gasteiger partial charge on any atom is 0.251 e. The molecule has 2 amide bonds. The highest BCUT2D eigenvalue weighted by Crippen LogP contribution is 2.39. The molecule has 0 saturated carbocycles. The topological polar surface area (TPSA) is 92.7 Å². The van der Waals surface area contributed by atoms with E-state index in [0.717, 1.165) is 36.5 Å². The molecule has 8 nitrogen and oxygen atoms in total. The van der Waals surface area contributed by atoms with Gasteiger partial charge in [-0.3, -0.25) is 14.4 Å². The first-order valence-corrected chi connectivity index (χ1v) is 12.9. The van der Waals surface area contributed by atoms with Gasteiger partial charge < -0.3 is 24.8 Å². The SMILES string of the molecule is COCCNC(=O)c1ccc(N2C[C@H]3C[C@@H](C2)c2cccc(=O)n2C3)c(NC(=O)/C=C/c2ccccc2)c1. The van der Waals surface area contributed by atoms with E-state index in [1.54, 1.807) is 31.4 Å². The molecule has 2 bridgehead atoms. The number of piperidine rings is 1. The molecular weight excluding hydrogens is 480 g/mol. The van der Waals surface area contributed by atoms with Crippen LogP contribution >= 0.6 is 0 Å². The van der Waals surface area contributed by atoms with E-state index in [9.17, 15) is 14.4 Å². The second-order valence-corrected chi connectivity index (χ2v) is 9.82. The van der Waals surface area contributed by atoms with E-state index >= 15 is 0 Å². The van der Waals surface area contributed by atoms with Crippen molar-refractivity contribution in [3.63, 3.8) is 0 Å². The molecule has 0 spiro atoms. The molecule has 2 aliphatic heterocycles.